The van der Waals surface area contributed by atoms with Crippen molar-refractivity contribution in [3.63, 3.8) is 0 Å². The third-order valence-corrected chi connectivity index (χ3v) is 13.1. The molecule has 0 fully saturated rings. The fraction of sp³-hybridized carbons (Fsp3) is 0.250. The van der Waals surface area contributed by atoms with Gasteiger partial charge in [0.25, 0.3) is 15.9 Å². The molecule has 0 N–H and O–H groups in total. The third-order valence-electron chi connectivity index (χ3n) is 8.30. The van der Waals surface area contributed by atoms with E-state index in [2.05, 4.69) is 0 Å². The quantitative estimate of drug-likeness (QED) is 0.184. The highest BCUT2D eigenvalue weighted by Crippen LogP contribution is 2.53. The Labute approximate surface area is 284 Å². The lowest BCUT2D eigenvalue weighted by Gasteiger charge is -2.42. The Morgan fingerprint density at radius 3 is 1.87 bits per heavy atom. The molecule has 1 atom stereocenters. The van der Waals surface area contributed by atoms with Crippen LogP contribution < -0.4 is 4.31 Å². The number of sulfone groups is 1. The number of benzene rings is 4. The number of halogens is 2. The van der Waals surface area contributed by atoms with Crippen LogP contribution in [0.4, 0.5) is 10.1 Å². The Balaban J connectivity index is 1.80. The van der Waals surface area contributed by atoms with E-state index in [9.17, 15) is 21.6 Å². The molecule has 0 spiro atoms. The summed E-state index contributed by atoms with van der Waals surface area (Å²) in [4.78, 5) is 14.7. The van der Waals surface area contributed by atoms with Crippen molar-refractivity contribution in [1.82, 2.24) is 0 Å². The smallest absolute Gasteiger partial charge is 0.270 e. The minimum atomic E-state index is -4.57. The standard InChI is InChI=1S/C36H35FINO5S2/c1-23-7-11-25(12-8-23)33(38)32-30-21-27(37)15-20-31(30)39(46(43,44)29-18-13-26(14-19-29)35(3,4)5)34(40)36(32,6)22-45(41,42)28-16-9-24(2)10-17-28/h7-21H,22H2,1-6H3/b33-32-. The molecule has 240 valence electrons. The number of hydrogen-bond donors (Lipinski definition) is 0. The maximum absolute atomic E-state index is 15.1. The van der Waals surface area contributed by atoms with Gasteiger partial charge in [-0.25, -0.2) is 25.5 Å². The van der Waals surface area contributed by atoms with Gasteiger partial charge >= 0.3 is 0 Å². The average molecular weight is 772 g/mol. The first-order chi connectivity index (χ1) is 21.4. The number of aryl methyl sites for hydroxylation is 2. The van der Waals surface area contributed by atoms with Gasteiger partial charge in [0.15, 0.2) is 9.84 Å². The molecule has 46 heavy (non-hydrogen) atoms. The van der Waals surface area contributed by atoms with Crippen molar-refractivity contribution < 1.29 is 26.0 Å². The van der Waals surface area contributed by atoms with Crippen LogP contribution in [0.15, 0.2) is 101 Å². The first-order valence-corrected chi connectivity index (χ1v) is 18.8. The van der Waals surface area contributed by atoms with E-state index in [1.165, 1.54) is 43.3 Å². The Hall–Kier alpha value is -3.35. The van der Waals surface area contributed by atoms with Gasteiger partial charge in [-0.05, 0) is 108 Å². The topological polar surface area (TPSA) is 88.6 Å². The summed E-state index contributed by atoms with van der Waals surface area (Å²) in [6, 6.07) is 23.5. The summed E-state index contributed by atoms with van der Waals surface area (Å²) in [7, 11) is -8.74. The minimum absolute atomic E-state index is 0.00552. The van der Waals surface area contributed by atoms with Gasteiger partial charge in [-0.15, -0.1) is 0 Å². The van der Waals surface area contributed by atoms with Crippen LogP contribution in [0.3, 0.4) is 0 Å². The van der Waals surface area contributed by atoms with Gasteiger partial charge in [-0.1, -0.05) is 80.4 Å². The molecule has 0 bridgehead atoms. The van der Waals surface area contributed by atoms with Crippen LogP contribution in [0.2, 0.25) is 0 Å². The molecule has 5 rings (SSSR count). The van der Waals surface area contributed by atoms with Crippen molar-refractivity contribution in [1.29, 1.82) is 0 Å². The Morgan fingerprint density at radius 2 is 1.33 bits per heavy atom. The molecule has 4 aromatic carbocycles. The molecule has 0 saturated heterocycles. The SMILES string of the molecule is Cc1ccc(/C(I)=C2\c3cc(F)ccc3N(S(=O)(=O)c3ccc(C(C)(C)C)cc3)C(=O)C2(C)CS(=O)(=O)c2ccc(C)cc2)cc1. The molecule has 0 aliphatic carbocycles. The van der Waals surface area contributed by atoms with E-state index in [4.69, 9.17) is 0 Å². The molecule has 1 heterocycles. The minimum Gasteiger partial charge on any atom is -0.272 e. The number of sulfonamides is 1. The van der Waals surface area contributed by atoms with Crippen molar-refractivity contribution in [2.45, 2.75) is 56.7 Å². The molecular weight excluding hydrogens is 736 g/mol. The van der Waals surface area contributed by atoms with E-state index < -0.39 is 42.8 Å². The number of hydrogen-bond acceptors (Lipinski definition) is 5. The fourth-order valence-corrected chi connectivity index (χ4v) is 10.2. The van der Waals surface area contributed by atoms with Gasteiger partial charge < -0.3 is 0 Å². The zero-order valence-electron chi connectivity index (χ0n) is 26.4. The predicted molar refractivity (Wildman–Crippen MR) is 190 cm³/mol. The Morgan fingerprint density at radius 1 is 0.804 bits per heavy atom. The highest BCUT2D eigenvalue weighted by Gasteiger charge is 2.53. The molecule has 1 aliphatic heterocycles. The number of amides is 1. The van der Waals surface area contributed by atoms with Crippen molar-refractivity contribution in [3.05, 3.63) is 125 Å². The van der Waals surface area contributed by atoms with Crippen molar-refractivity contribution in [2.75, 3.05) is 10.1 Å². The maximum atomic E-state index is 15.1. The van der Waals surface area contributed by atoms with Gasteiger partial charge in [0.1, 0.15) is 5.82 Å². The maximum Gasteiger partial charge on any atom is 0.270 e. The molecule has 4 aromatic rings. The lowest BCUT2D eigenvalue weighted by atomic mass is 9.75. The van der Waals surface area contributed by atoms with Gasteiger partial charge in [-0.3, -0.25) is 4.79 Å². The van der Waals surface area contributed by atoms with E-state index in [0.29, 0.717) is 13.4 Å². The zero-order chi connectivity index (χ0) is 33.8. The molecule has 0 saturated carbocycles. The van der Waals surface area contributed by atoms with E-state index in [1.807, 2.05) is 81.5 Å². The van der Waals surface area contributed by atoms with Crippen LogP contribution in [0.25, 0.3) is 9.15 Å². The lowest BCUT2D eigenvalue weighted by molar-refractivity contribution is -0.122. The van der Waals surface area contributed by atoms with Gasteiger partial charge in [0.05, 0.1) is 26.6 Å². The molecule has 6 nitrogen and oxygen atoms in total. The van der Waals surface area contributed by atoms with Crippen LogP contribution in [0.5, 0.6) is 0 Å². The van der Waals surface area contributed by atoms with Gasteiger partial charge in [-0.2, -0.15) is 0 Å². The van der Waals surface area contributed by atoms with E-state index >= 15 is 4.39 Å². The Kier molecular flexibility index (Phi) is 8.89. The highest BCUT2D eigenvalue weighted by atomic mass is 127. The second kappa shape index (κ2) is 12.0. The second-order valence-electron chi connectivity index (χ2n) is 13.0. The first kappa shape index (κ1) is 34.0. The highest BCUT2D eigenvalue weighted by molar-refractivity contribution is 14.1. The van der Waals surface area contributed by atoms with Crippen molar-refractivity contribution in [2.24, 2.45) is 5.41 Å². The van der Waals surface area contributed by atoms with E-state index in [-0.39, 0.29) is 32.0 Å². The van der Waals surface area contributed by atoms with Crippen LogP contribution in [0, 0.1) is 25.1 Å². The third kappa shape index (κ3) is 6.18. The van der Waals surface area contributed by atoms with Crippen LogP contribution >= 0.6 is 22.6 Å². The first-order valence-electron chi connectivity index (χ1n) is 14.6. The monoisotopic (exact) mass is 771 g/mol. The molecule has 0 radical (unpaired) electrons. The van der Waals surface area contributed by atoms with Crippen LogP contribution in [-0.2, 0) is 30.1 Å². The molecule has 1 aliphatic rings. The molecule has 0 aromatic heterocycles. The number of anilines is 1. The number of rotatable bonds is 6. The normalized spacial score (nSPS) is 18.3. The zero-order valence-corrected chi connectivity index (χ0v) is 30.2. The summed E-state index contributed by atoms with van der Waals surface area (Å²) in [6.07, 6.45) is 0. The summed E-state index contributed by atoms with van der Waals surface area (Å²) >= 11 is 2.05. The van der Waals surface area contributed by atoms with E-state index in [0.717, 1.165) is 22.8 Å². The lowest BCUT2D eigenvalue weighted by Crippen LogP contribution is -2.52. The van der Waals surface area contributed by atoms with Crippen molar-refractivity contribution >= 4 is 63.2 Å². The summed E-state index contributed by atoms with van der Waals surface area (Å²) in [5.74, 6) is -2.35. The van der Waals surface area contributed by atoms with Crippen LogP contribution in [-0.4, -0.2) is 28.5 Å². The van der Waals surface area contributed by atoms with Crippen molar-refractivity contribution in [3.8, 4) is 0 Å². The summed E-state index contributed by atoms with van der Waals surface area (Å²) in [5.41, 5.74) is 1.54. The fourth-order valence-electron chi connectivity index (χ4n) is 5.64. The number of carbonyl (C=O) groups excluding carboxylic acids is 1. The summed E-state index contributed by atoms with van der Waals surface area (Å²) < 4.78 is 73.1. The number of carbonyl (C=O) groups is 1. The van der Waals surface area contributed by atoms with Gasteiger partial charge in [0.2, 0.25) is 0 Å². The van der Waals surface area contributed by atoms with E-state index in [1.54, 1.807) is 24.3 Å². The average Bonchev–Trinajstić information content (AvgIpc) is 2.97. The molecule has 1 unspecified atom stereocenters. The number of fused-ring (bicyclic) bond motifs is 1. The Bertz CT molecular complexity index is 2080. The molecule has 1 amide bonds. The molecule has 10 heteroatoms. The molecular formula is C36H35FINO5S2. The predicted octanol–water partition coefficient (Wildman–Crippen LogP) is 8.26. The van der Waals surface area contributed by atoms with Crippen LogP contribution in [0.1, 0.15) is 55.5 Å². The summed E-state index contributed by atoms with van der Waals surface area (Å²) in [6.45, 7) is 11.2. The van der Waals surface area contributed by atoms with Gasteiger partial charge in [0, 0.05) is 9.14 Å². The summed E-state index contributed by atoms with van der Waals surface area (Å²) in [5, 5.41) is 0. The second-order valence-corrected chi connectivity index (χ2v) is 17.8. The largest absolute Gasteiger partial charge is 0.272 e. The number of nitrogens with zero attached hydrogens (tertiary/aromatic N) is 1.